The van der Waals surface area contributed by atoms with Crippen molar-refractivity contribution in [3.8, 4) is 0 Å². The van der Waals surface area contributed by atoms with Gasteiger partial charge in [-0.15, -0.1) is 0 Å². The largest absolute Gasteiger partial charge is 0.393 e. The van der Waals surface area contributed by atoms with E-state index in [4.69, 9.17) is 4.74 Å². The van der Waals surface area contributed by atoms with Crippen molar-refractivity contribution in [2.75, 3.05) is 37.5 Å². The smallest absolute Gasteiger partial charge is 0.325 e. The van der Waals surface area contributed by atoms with E-state index in [9.17, 15) is 14.7 Å². The summed E-state index contributed by atoms with van der Waals surface area (Å²) in [5, 5.41) is 16.7. The number of methoxy groups -OCH3 is 1. The van der Waals surface area contributed by atoms with Gasteiger partial charge in [0.1, 0.15) is 5.82 Å². The van der Waals surface area contributed by atoms with Crippen LogP contribution in [0.25, 0.3) is 10.9 Å². The zero-order valence-electron chi connectivity index (χ0n) is 25.3. The maximum Gasteiger partial charge on any atom is 0.325 e. The summed E-state index contributed by atoms with van der Waals surface area (Å²) in [5.74, 6) is 0.244. The Morgan fingerprint density at radius 3 is 2.50 bits per heavy atom. The van der Waals surface area contributed by atoms with Crippen LogP contribution in [0.4, 0.5) is 22.0 Å². The Bertz CT molecular complexity index is 1610. The monoisotopic (exact) mass is 596 g/mol. The summed E-state index contributed by atoms with van der Waals surface area (Å²) in [7, 11) is 3.30. The van der Waals surface area contributed by atoms with Crippen molar-refractivity contribution in [2.24, 2.45) is 0 Å². The summed E-state index contributed by atoms with van der Waals surface area (Å²) in [4.78, 5) is 34.5. The van der Waals surface area contributed by atoms with Gasteiger partial charge >= 0.3 is 6.03 Å². The van der Waals surface area contributed by atoms with Crippen LogP contribution in [-0.2, 0) is 11.3 Å². The lowest BCUT2D eigenvalue weighted by atomic mass is 9.99. The number of carbonyl (C=O) groups excluding carboxylic acids is 2. The molecule has 2 saturated heterocycles. The first kappa shape index (κ1) is 29.8. The molecule has 2 aromatic carbocycles. The highest BCUT2D eigenvalue weighted by Gasteiger charge is 2.39. The number of aliphatic hydroxyl groups excluding tert-OH is 1. The Labute approximate surface area is 257 Å². The van der Waals surface area contributed by atoms with Gasteiger partial charge in [-0.1, -0.05) is 12.1 Å². The van der Waals surface area contributed by atoms with Crippen molar-refractivity contribution in [2.45, 2.75) is 56.8 Å². The molecule has 4 aromatic rings. The zero-order valence-corrected chi connectivity index (χ0v) is 25.3. The molecule has 2 aliphatic heterocycles. The van der Waals surface area contributed by atoms with E-state index in [0.29, 0.717) is 36.6 Å². The first-order valence-corrected chi connectivity index (χ1v) is 15.3. The molecule has 44 heavy (non-hydrogen) atoms. The van der Waals surface area contributed by atoms with Crippen molar-refractivity contribution in [3.05, 3.63) is 84.2 Å². The summed E-state index contributed by atoms with van der Waals surface area (Å²) in [6, 6.07) is 20.2. The molecule has 2 fully saturated rings. The van der Waals surface area contributed by atoms with E-state index in [1.165, 1.54) is 5.56 Å². The van der Waals surface area contributed by atoms with Gasteiger partial charge in [-0.3, -0.25) is 14.3 Å². The molecule has 2 bridgehead atoms. The number of nitrogens with zero attached hydrogens (tertiary/aromatic N) is 4. The average Bonchev–Trinajstić information content (AvgIpc) is 3.56. The molecule has 2 amide bonds. The lowest BCUT2D eigenvalue weighted by molar-refractivity contribution is 0.0310. The number of amides is 2. The van der Waals surface area contributed by atoms with Crippen LogP contribution in [0.3, 0.4) is 0 Å². The van der Waals surface area contributed by atoms with E-state index >= 15 is 0 Å². The van der Waals surface area contributed by atoms with Crippen molar-refractivity contribution in [1.82, 2.24) is 19.8 Å². The third kappa shape index (κ3) is 6.33. The Morgan fingerprint density at radius 2 is 1.77 bits per heavy atom. The van der Waals surface area contributed by atoms with E-state index in [-0.39, 0.29) is 18.0 Å². The van der Waals surface area contributed by atoms with Crippen LogP contribution in [0.15, 0.2) is 73.1 Å². The van der Waals surface area contributed by atoms with Gasteiger partial charge in [-0.25, -0.2) is 9.78 Å². The average molecular weight is 597 g/mol. The van der Waals surface area contributed by atoms with Crippen LogP contribution in [0.1, 0.15) is 48.0 Å². The van der Waals surface area contributed by atoms with E-state index in [1.807, 2.05) is 54.6 Å². The number of hydrogen-bond donors (Lipinski definition) is 3. The molecule has 3 N–H and O–H groups in total. The molecule has 0 aliphatic carbocycles. The van der Waals surface area contributed by atoms with Gasteiger partial charge in [0.05, 0.1) is 11.6 Å². The molecule has 10 nitrogen and oxygen atoms in total. The van der Waals surface area contributed by atoms with E-state index in [0.717, 1.165) is 60.9 Å². The SMILES string of the molecule is CNC(=O)n1ccc2cc(N(CCCOC)c3ccnc(NC(=O)c4ccc(CN5[C@@H]6CC[C@H]5CC(O)C6)cc4)c3)ccc21. The van der Waals surface area contributed by atoms with Crippen LogP contribution in [0, 0.1) is 0 Å². The third-order valence-electron chi connectivity index (χ3n) is 8.89. The number of aliphatic hydroxyl groups is 1. The van der Waals surface area contributed by atoms with Crippen molar-refractivity contribution >= 4 is 40.0 Å². The molecular formula is C34H40N6O4. The summed E-state index contributed by atoms with van der Waals surface area (Å²) in [6.07, 6.45) is 8.09. The molecule has 0 spiro atoms. The highest BCUT2D eigenvalue weighted by Crippen LogP contribution is 2.37. The van der Waals surface area contributed by atoms with E-state index in [2.05, 4.69) is 31.5 Å². The number of anilines is 3. The predicted molar refractivity (Wildman–Crippen MR) is 172 cm³/mol. The van der Waals surface area contributed by atoms with Gasteiger partial charge < -0.3 is 25.4 Å². The molecule has 1 unspecified atom stereocenters. The standard InChI is InChI=1S/C34H40N6O4/c1-35-34(43)39-16-13-25-18-26(10-11-31(25)39)38(15-3-17-44-2)29-12-14-36-32(21-29)37-33(42)24-6-4-23(5-7-24)22-40-27-8-9-28(40)20-30(41)19-27/h4-7,10-14,16,18,21,27-28,30,41H,3,8-9,15,17,19-20,22H2,1-2H3,(H,35,43)(H,36,37,42)/t27-,28+,30?. The number of aromatic nitrogens is 2. The molecule has 0 radical (unpaired) electrons. The Hall–Kier alpha value is -4.25. The number of piperidine rings is 1. The number of carbonyl (C=O) groups is 2. The van der Waals surface area contributed by atoms with Gasteiger partial charge in [0.15, 0.2) is 0 Å². The minimum Gasteiger partial charge on any atom is -0.393 e. The molecule has 3 atom stereocenters. The van der Waals surface area contributed by atoms with E-state index in [1.54, 1.807) is 31.1 Å². The van der Waals surface area contributed by atoms with Gasteiger partial charge in [-0.2, -0.15) is 0 Å². The lowest BCUT2D eigenvalue weighted by Gasteiger charge is -2.37. The Morgan fingerprint density at radius 1 is 1.02 bits per heavy atom. The summed E-state index contributed by atoms with van der Waals surface area (Å²) in [5.41, 5.74) is 4.40. The fourth-order valence-electron chi connectivity index (χ4n) is 6.69. The van der Waals surface area contributed by atoms with Crippen molar-refractivity contribution < 1.29 is 19.4 Å². The molecule has 10 heteroatoms. The van der Waals surface area contributed by atoms with Gasteiger partial charge in [0.2, 0.25) is 0 Å². The maximum absolute atomic E-state index is 13.2. The predicted octanol–water partition coefficient (Wildman–Crippen LogP) is 5.14. The number of ether oxygens (including phenoxy) is 1. The van der Waals surface area contributed by atoms with Crippen molar-refractivity contribution in [1.29, 1.82) is 0 Å². The fraction of sp³-hybridized carbons (Fsp3) is 0.382. The number of pyridine rings is 1. The van der Waals surface area contributed by atoms with Crippen LogP contribution >= 0.6 is 0 Å². The van der Waals surface area contributed by atoms with Gasteiger partial charge in [-0.05, 0) is 80.1 Å². The number of fused-ring (bicyclic) bond motifs is 3. The third-order valence-corrected chi connectivity index (χ3v) is 8.89. The molecule has 6 rings (SSSR count). The fourth-order valence-corrected chi connectivity index (χ4v) is 6.69. The second kappa shape index (κ2) is 13.2. The highest BCUT2D eigenvalue weighted by atomic mass is 16.5. The summed E-state index contributed by atoms with van der Waals surface area (Å²) >= 11 is 0. The van der Waals surface area contributed by atoms with Crippen molar-refractivity contribution in [3.63, 3.8) is 0 Å². The molecule has 2 aromatic heterocycles. The summed E-state index contributed by atoms with van der Waals surface area (Å²) < 4.78 is 6.90. The van der Waals surface area contributed by atoms with Gasteiger partial charge in [0, 0.05) is 86.7 Å². The summed E-state index contributed by atoms with van der Waals surface area (Å²) in [6.45, 7) is 2.14. The molecule has 0 saturated carbocycles. The van der Waals surface area contributed by atoms with Crippen LogP contribution in [0.2, 0.25) is 0 Å². The second-order valence-corrected chi connectivity index (χ2v) is 11.7. The van der Waals surface area contributed by atoms with Crippen LogP contribution < -0.4 is 15.5 Å². The van der Waals surface area contributed by atoms with E-state index < -0.39 is 0 Å². The molecule has 230 valence electrons. The Kier molecular flexibility index (Phi) is 8.92. The van der Waals surface area contributed by atoms with Gasteiger partial charge in [0.25, 0.3) is 5.91 Å². The molecular weight excluding hydrogens is 556 g/mol. The number of nitrogens with one attached hydrogen (secondary N) is 2. The first-order valence-electron chi connectivity index (χ1n) is 15.3. The molecule has 4 heterocycles. The second-order valence-electron chi connectivity index (χ2n) is 11.7. The highest BCUT2D eigenvalue weighted by molar-refractivity contribution is 6.04. The minimum absolute atomic E-state index is 0.175. The first-order chi connectivity index (χ1) is 21.4. The van der Waals surface area contributed by atoms with Crippen LogP contribution in [0.5, 0.6) is 0 Å². The number of hydrogen-bond acceptors (Lipinski definition) is 7. The van der Waals surface area contributed by atoms with Crippen LogP contribution in [-0.4, -0.2) is 77.0 Å². The minimum atomic E-state index is -0.217. The lowest BCUT2D eigenvalue weighted by Crippen LogP contribution is -2.44. The zero-order chi connectivity index (χ0) is 30.6. The molecule has 2 aliphatic rings. The number of rotatable bonds is 10. The maximum atomic E-state index is 13.2. The normalized spacial score (nSPS) is 19.7. The number of benzene rings is 2. The Balaban J connectivity index is 1.16. The quantitative estimate of drug-likeness (QED) is 0.218. The topological polar surface area (TPSA) is 112 Å².